The fourth-order valence-electron chi connectivity index (χ4n) is 3.02. The molecule has 1 fully saturated rings. The third kappa shape index (κ3) is 4.35. The lowest BCUT2D eigenvalue weighted by Gasteiger charge is -2.34. The Balaban J connectivity index is 1.73. The third-order valence-electron chi connectivity index (χ3n) is 4.58. The number of rotatable bonds is 4. The van der Waals surface area contributed by atoms with Gasteiger partial charge in [-0.1, -0.05) is 12.1 Å². The third-order valence-corrected chi connectivity index (χ3v) is 7.89. The molecule has 30 heavy (non-hydrogen) atoms. The van der Waals surface area contributed by atoms with Crippen LogP contribution < -0.4 is 0 Å². The van der Waals surface area contributed by atoms with Gasteiger partial charge in [0.2, 0.25) is 0 Å². The number of hydrogen-bond acceptors (Lipinski definition) is 6. The molecule has 1 aliphatic heterocycles. The number of esters is 1. The molecule has 0 aliphatic carbocycles. The molecule has 0 spiro atoms. The maximum atomic E-state index is 13.2. The Morgan fingerprint density at radius 2 is 1.73 bits per heavy atom. The lowest BCUT2D eigenvalue weighted by atomic mass is 10.1. The van der Waals surface area contributed by atoms with Gasteiger partial charge in [0.25, 0.3) is 15.9 Å². The summed E-state index contributed by atoms with van der Waals surface area (Å²) in [6.07, 6.45) is -4.67. The Labute approximate surface area is 174 Å². The maximum absolute atomic E-state index is 13.2. The molecular formula is C18H17F3N2O5S2. The van der Waals surface area contributed by atoms with Crippen molar-refractivity contribution < 1.29 is 35.9 Å². The van der Waals surface area contributed by atoms with Gasteiger partial charge in [0.05, 0.1) is 23.8 Å². The number of methoxy groups -OCH3 is 1. The van der Waals surface area contributed by atoms with E-state index >= 15 is 0 Å². The van der Waals surface area contributed by atoms with E-state index in [0.29, 0.717) is 0 Å². The number of hydrogen-bond donors (Lipinski definition) is 0. The minimum Gasteiger partial charge on any atom is -0.465 e. The van der Waals surface area contributed by atoms with Gasteiger partial charge in [0.15, 0.2) is 0 Å². The van der Waals surface area contributed by atoms with Crippen molar-refractivity contribution in [2.45, 2.75) is 10.4 Å². The van der Waals surface area contributed by atoms with Crippen molar-refractivity contribution in [1.82, 2.24) is 9.21 Å². The van der Waals surface area contributed by atoms with E-state index < -0.39 is 39.2 Å². The van der Waals surface area contributed by atoms with E-state index in [0.717, 1.165) is 27.8 Å². The minimum atomic E-state index is -4.67. The molecule has 1 amide bonds. The molecule has 1 saturated heterocycles. The summed E-state index contributed by atoms with van der Waals surface area (Å²) in [5.74, 6) is -1.46. The Morgan fingerprint density at radius 3 is 2.33 bits per heavy atom. The van der Waals surface area contributed by atoms with Crippen molar-refractivity contribution in [2.75, 3.05) is 33.3 Å². The Kier molecular flexibility index (Phi) is 6.20. The minimum absolute atomic E-state index is 0.0508. The average Bonchev–Trinajstić information content (AvgIpc) is 3.23. The van der Waals surface area contributed by atoms with Crippen LogP contribution in [0.1, 0.15) is 26.3 Å². The highest BCUT2D eigenvalue weighted by Crippen LogP contribution is 2.33. The Hall–Kier alpha value is -2.44. The summed E-state index contributed by atoms with van der Waals surface area (Å²) in [6.45, 7) is -0.263. The second-order valence-corrected chi connectivity index (χ2v) is 9.46. The van der Waals surface area contributed by atoms with Gasteiger partial charge < -0.3 is 9.64 Å². The molecule has 12 heteroatoms. The number of halogens is 3. The van der Waals surface area contributed by atoms with Crippen LogP contribution in [0.4, 0.5) is 13.2 Å². The quantitative estimate of drug-likeness (QED) is 0.653. The van der Waals surface area contributed by atoms with Crippen LogP contribution in [0.15, 0.2) is 39.9 Å². The summed E-state index contributed by atoms with van der Waals surface area (Å²) in [7, 11) is -2.72. The molecule has 0 bridgehead atoms. The van der Waals surface area contributed by atoms with Crippen LogP contribution in [-0.2, 0) is 20.9 Å². The predicted octanol–water partition coefficient (Wildman–Crippen LogP) is 2.70. The summed E-state index contributed by atoms with van der Waals surface area (Å²) in [5, 5.41) is 1.37. The van der Waals surface area contributed by atoms with Crippen LogP contribution in [-0.4, -0.2) is 62.8 Å². The number of sulfonamides is 1. The van der Waals surface area contributed by atoms with Gasteiger partial charge in [-0.25, -0.2) is 13.2 Å². The van der Waals surface area contributed by atoms with E-state index in [1.54, 1.807) is 0 Å². The highest BCUT2D eigenvalue weighted by molar-refractivity contribution is 7.91. The normalized spacial score (nSPS) is 15.8. The molecule has 1 aromatic heterocycles. The highest BCUT2D eigenvalue weighted by Gasteiger charge is 2.37. The summed E-state index contributed by atoms with van der Waals surface area (Å²) in [6, 6.07) is 5.70. The van der Waals surface area contributed by atoms with Gasteiger partial charge in [-0.15, -0.1) is 11.3 Å². The molecule has 2 heterocycles. The summed E-state index contributed by atoms with van der Waals surface area (Å²) in [4.78, 5) is 25.3. The molecule has 1 aliphatic rings. The van der Waals surface area contributed by atoms with Crippen molar-refractivity contribution in [3.63, 3.8) is 0 Å². The first kappa shape index (κ1) is 22.2. The summed E-state index contributed by atoms with van der Waals surface area (Å²) in [5.41, 5.74) is -1.39. The molecule has 0 radical (unpaired) electrons. The van der Waals surface area contributed by atoms with E-state index in [-0.39, 0.29) is 36.0 Å². The molecule has 1 aromatic carbocycles. The number of carbonyl (C=O) groups excluding carboxylic acids is 2. The first-order valence-corrected chi connectivity index (χ1v) is 11.0. The first-order chi connectivity index (χ1) is 14.1. The fourth-order valence-corrected chi connectivity index (χ4v) is 5.75. The lowest BCUT2D eigenvalue weighted by Crippen LogP contribution is -2.50. The van der Waals surface area contributed by atoms with Crippen molar-refractivity contribution in [3.05, 3.63) is 52.4 Å². The van der Waals surface area contributed by atoms with Crippen molar-refractivity contribution in [2.24, 2.45) is 0 Å². The number of alkyl halides is 3. The SMILES string of the molecule is COC(=O)c1csc(S(=O)(=O)N2CCN(C(=O)c3ccccc3C(F)(F)F)CC2)c1. The zero-order valence-corrected chi connectivity index (χ0v) is 17.3. The van der Waals surface area contributed by atoms with E-state index in [4.69, 9.17) is 0 Å². The molecule has 0 unspecified atom stereocenters. The molecule has 0 N–H and O–H groups in total. The number of thiophene rings is 1. The second kappa shape index (κ2) is 8.36. The van der Waals surface area contributed by atoms with Gasteiger partial charge >= 0.3 is 12.1 Å². The second-order valence-electron chi connectivity index (χ2n) is 6.39. The standard InChI is InChI=1S/C18H17F3N2O5S2/c1-28-17(25)12-10-15(29-11-12)30(26,27)23-8-6-22(7-9-23)16(24)13-4-2-3-5-14(13)18(19,20)21/h2-5,10-11H,6-9H2,1H3. The van der Waals surface area contributed by atoms with Crippen LogP contribution in [0.2, 0.25) is 0 Å². The van der Waals surface area contributed by atoms with Crippen LogP contribution >= 0.6 is 11.3 Å². The van der Waals surface area contributed by atoms with E-state index in [2.05, 4.69) is 4.74 Å². The fraction of sp³-hybridized carbons (Fsp3) is 0.333. The van der Waals surface area contributed by atoms with Gasteiger partial charge in [0.1, 0.15) is 4.21 Å². The number of ether oxygens (including phenoxy) is 1. The Bertz CT molecular complexity index is 1060. The molecular weight excluding hydrogens is 445 g/mol. The van der Waals surface area contributed by atoms with E-state index in [1.165, 1.54) is 35.6 Å². The smallest absolute Gasteiger partial charge is 0.417 e. The van der Waals surface area contributed by atoms with Gasteiger partial charge in [0, 0.05) is 31.6 Å². The highest BCUT2D eigenvalue weighted by atomic mass is 32.2. The number of nitrogens with zero attached hydrogens (tertiary/aromatic N) is 2. The summed E-state index contributed by atoms with van der Waals surface area (Å²) < 4.78 is 70.7. The predicted molar refractivity (Wildman–Crippen MR) is 102 cm³/mol. The lowest BCUT2D eigenvalue weighted by molar-refractivity contribution is -0.138. The monoisotopic (exact) mass is 462 g/mol. The number of piperazine rings is 1. The van der Waals surface area contributed by atoms with E-state index in [9.17, 15) is 31.2 Å². The Morgan fingerprint density at radius 1 is 1.10 bits per heavy atom. The number of carbonyl (C=O) groups is 2. The molecule has 7 nitrogen and oxygen atoms in total. The average molecular weight is 462 g/mol. The van der Waals surface area contributed by atoms with Crippen LogP contribution in [0, 0.1) is 0 Å². The van der Waals surface area contributed by atoms with Crippen molar-refractivity contribution >= 4 is 33.2 Å². The molecule has 162 valence electrons. The number of amides is 1. The largest absolute Gasteiger partial charge is 0.465 e. The zero-order valence-electron chi connectivity index (χ0n) is 15.7. The van der Waals surface area contributed by atoms with Crippen LogP contribution in [0.25, 0.3) is 0 Å². The van der Waals surface area contributed by atoms with E-state index in [1.807, 2.05) is 0 Å². The zero-order chi connectivity index (χ0) is 22.1. The van der Waals surface area contributed by atoms with Crippen LogP contribution in [0.5, 0.6) is 0 Å². The summed E-state index contributed by atoms with van der Waals surface area (Å²) >= 11 is 0.866. The van der Waals surface area contributed by atoms with Gasteiger partial charge in [-0.2, -0.15) is 17.5 Å². The van der Waals surface area contributed by atoms with Crippen molar-refractivity contribution in [3.8, 4) is 0 Å². The molecule has 2 aromatic rings. The van der Waals surface area contributed by atoms with Crippen molar-refractivity contribution in [1.29, 1.82) is 0 Å². The van der Waals surface area contributed by atoms with Crippen LogP contribution in [0.3, 0.4) is 0 Å². The maximum Gasteiger partial charge on any atom is 0.417 e. The molecule has 3 rings (SSSR count). The molecule has 0 atom stereocenters. The van der Waals surface area contributed by atoms with Gasteiger partial charge in [-0.3, -0.25) is 4.79 Å². The topological polar surface area (TPSA) is 84.0 Å². The first-order valence-electron chi connectivity index (χ1n) is 8.68. The van der Waals surface area contributed by atoms with Gasteiger partial charge in [-0.05, 0) is 18.2 Å². The number of benzene rings is 1. The molecule has 0 saturated carbocycles.